The molecule has 6 nitrogen and oxygen atoms in total. The smallest absolute Gasteiger partial charge is 0.216 e. The summed E-state index contributed by atoms with van der Waals surface area (Å²) >= 11 is 0. The third-order valence-corrected chi connectivity index (χ3v) is 6.22. The first-order valence-electron chi connectivity index (χ1n) is 9.27. The van der Waals surface area contributed by atoms with Crippen LogP contribution in [0.2, 0.25) is 0 Å². The number of aryl methyl sites for hydroxylation is 1. The van der Waals surface area contributed by atoms with Crippen molar-refractivity contribution in [2.45, 2.75) is 51.3 Å². The summed E-state index contributed by atoms with van der Waals surface area (Å²) in [7, 11) is -3.39. The van der Waals surface area contributed by atoms with Gasteiger partial charge >= 0.3 is 0 Å². The molecule has 2 heterocycles. The van der Waals surface area contributed by atoms with Crippen molar-refractivity contribution in [3.8, 4) is 0 Å². The Morgan fingerprint density at radius 3 is 2.41 bits per heavy atom. The molecule has 1 atom stereocenters. The van der Waals surface area contributed by atoms with E-state index >= 15 is 0 Å². The second-order valence-corrected chi connectivity index (χ2v) is 10.0. The molecule has 0 saturated carbocycles. The average molecular weight is 389 g/mol. The van der Waals surface area contributed by atoms with E-state index in [9.17, 15) is 8.42 Å². The van der Waals surface area contributed by atoms with Gasteiger partial charge in [0.15, 0.2) is 5.82 Å². The van der Waals surface area contributed by atoms with Crippen molar-refractivity contribution in [2.75, 3.05) is 18.0 Å². The molecule has 1 fully saturated rings. The number of hydrogen-bond donors (Lipinski definition) is 1. The van der Waals surface area contributed by atoms with Crippen molar-refractivity contribution in [3.05, 3.63) is 53.2 Å². The number of hydrogen-bond acceptors (Lipinski definition) is 5. The molecule has 0 bridgehead atoms. The first kappa shape index (κ1) is 19.8. The zero-order chi connectivity index (χ0) is 19.7. The normalized spacial score (nSPS) is 18.1. The van der Waals surface area contributed by atoms with Crippen molar-refractivity contribution in [1.29, 1.82) is 0 Å². The Balaban J connectivity index is 1.59. The molecule has 0 amide bonds. The van der Waals surface area contributed by atoms with Crippen LogP contribution in [-0.2, 0) is 21.2 Å². The zero-order valence-corrected chi connectivity index (χ0v) is 17.3. The first-order chi connectivity index (χ1) is 12.6. The summed E-state index contributed by atoms with van der Waals surface area (Å²) in [4.78, 5) is 2.07. The van der Waals surface area contributed by atoms with Crippen LogP contribution in [0.25, 0.3) is 0 Å². The third kappa shape index (κ3) is 5.26. The van der Waals surface area contributed by atoms with E-state index in [2.05, 4.69) is 40.6 Å². The molecule has 1 aromatic carbocycles. The summed E-state index contributed by atoms with van der Waals surface area (Å²) in [5.41, 5.74) is 2.92. The summed E-state index contributed by atoms with van der Waals surface area (Å²) < 4.78 is 28.0. The van der Waals surface area contributed by atoms with Gasteiger partial charge in [-0.25, -0.2) is 13.1 Å². The number of nitrogens with one attached hydrogen (secondary N) is 1. The molecule has 1 aliphatic rings. The molecule has 27 heavy (non-hydrogen) atoms. The van der Waals surface area contributed by atoms with Crippen LogP contribution in [0, 0.1) is 6.92 Å². The lowest BCUT2D eigenvalue weighted by Gasteiger charge is -2.19. The quantitative estimate of drug-likeness (QED) is 0.852. The van der Waals surface area contributed by atoms with Crippen molar-refractivity contribution < 1.29 is 8.42 Å². The number of rotatable bonds is 5. The van der Waals surface area contributed by atoms with Crippen LogP contribution in [0.3, 0.4) is 0 Å². The second kappa shape index (κ2) is 7.56. The maximum Gasteiger partial charge on any atom is 0.216 e. The molecule has 1 saturated heterocycles. The predicted molar refractivity (Wildman–Crippen MR) is 108 cm³/mol. The minimum absolute atomic E-state index is 0.00173. The Labute approximate surface area is 162 Å². The fraction of sp³-hybridized carbons (Fsp3) is 0.500. The number of nitrogens with zero attached hydrogens (tertiary/aromatic N) is 3. The summed E-state index contributed by atoms with van der Waals surface area (Å²) in [6.07, 6.45) is 0.762. The van der Waals surface area contributed by atoms with E-state index in [0.717, 1.165) is 30.0 Å². The Morgan fingerprint density at radius 2 is 1.81 bits per heavy atom. The minimum atomic E-state index is -3.39. The number of aromatic nitrogens is 2. The third-order valence-electron chi connectivity index (χ3n) is 4.82. The lowest BCUT2D eigenvalue weighted by Crippen LogP contribution is -2.37. The van der Waals surface area contributed by atoms with Crippen molar-refractivity contribution in [1.82, 2.24) is 14.9 Å². The van der Waals surface area contributed by atoms with Crippen LogP contribution in [0.4, 0.5) is 5.82 Å². The van der Waals surface area contributed by atoms with E-state index in [1.165, 1.54) is 5.56 Å². The maximum absolute atomic E-state index is 12.6. The van der Waals surface area contributed by atoms with Gasteiger partial charge in [-0.05, 0) is 42.0 Å². The van der Waals surface area contributed by atoms with Gasteiger partial charge in [0.05, 0.1) is 11.4 Å². The van der Waals surface area contributed by atoms with E-state index < -0.39 is 10.0 Å². The van der Waals surface area contributed by atoms with Gasteiger partial charge in [-0.15, -0.1) is 5.10 Å². The monoisotopic (exact) mass is 388 g/mol. The maximum atomic E-state index is 12.6. The van der Waals surface area contributed by atoms with Crippen LogP contribution in [-0.4, -0.2) is 37.7 Å². The standard InChI is InChI=1S/C20H28N4O2S/c1-15-5-10-19(22-21-15)24-12-11-18(13-24)23-27(25,26)14-16-6-8-17(9-7-16)20(2,3)4/h5-10,18,23H,11-14H2,1-4H3/t18-/m1/s1. The molecule has 1 aromatic heterocycles. The summed E-state index contributed by atoms with van der Waals surface area (Å²) in [5, 5.41) is 8.26. The SMILES string of the molecule is Cc1ccc(N2CC[C@@H](NS(=O)(=O)Cc3ccc(C(C)(C)C)cc3)C2)nn1. The first-order valence-corrected chi connectivity index (χ1v) is 10.9. The molecule has 2 aromatic rings. The molecule has 0 unspecified atom stereocenters. The van der Waals surface area contributed by atoms with Gasteiger partial charge in [0, 0.05) is 19.1 Å². The summed E-state index contributed by atoms with van der Waals surface area (Å²) in [6, 6.07) is 11.6. The largest absolute Gasteiger partial charge is 0.353 e. The molecule has 1 N–H and O–H groups in total. The minimum Gasteiger partial charge on any atom is -0.353 e. The van der Waals surface area contributed by atoms with Crippen molar-refractivity contribution in [3.63, 3.8) is 0 Å². The number of sulfonamides is 1. The summed E-state index contributed by atoms with van der Waals surface area (Å²) in [5.74, 6) is 0.790. The van der Waals surface area contributed by atoms with E-state index in [1.54, 1.807) is 0 Å². The zero-order valence-electron chi connectivity index (χ0n) is 16.4. The van der Waals surface area contributed by atoms with Gasteiger partial charge in [0.1, 0.15) is 0 Å². The van der Waals surface area contributed by atoms with Crippen LogP contribution in [0.5, 0.6) is 0 Å². The van der Waals surface area contributed by atoms with Crippen LogP contribution < -0.4 is 9.62 Å². The van der Waals surface area contributed by atoms with Crippen LogP contribution in [0.1, 0.15) is 44.0 Å². The molecule has 7 heteroatoms. The van der Waals surface area contributed by atoms with E-state index in [1.807, 2.05) is 43.3 Å². The highest BCUT2D eigenvalue weighted by molar-refractivity contribution is 7.88. The lowest BCUT2D eigenvalue weighted by molar-refractivity contribution is 0.560. The van der Waals surface area contributed by atoms with Crippen molar-refractivity contribution in [2.24, 2.45) is 0 Å². The van der Waals surface area contributed by atoms with Gasteiger partial charge in [-0.3, -0.25) is 0 Å². The highest BCUT2D eigenvalue weighted by Gasteiger charge is 2.27. The van der Waals surface area contributed by atoms with Crippen LogP contribution >= 0.6 is 0 Å². The molecule has 0 radical (unpaired) electrons. The highest BCUT2D eigenvalue weighted by Crippen LogP contribution is 2.23. The molecular weight excluding hydrogens is 360 g/mol. The Morgan fingerprint density at radius 1 is 1.11 bits per heavy atom. The molecule has 0 aliphatic carbocycles. The van der Waals surface area contributed by atoms with Gasteiger partial charge in [-0.2, -0.15) is 5.10 Å². The molecule has 3 rings (SSSR count). The number of anilines is 1. The topological polar surface area (TPSA) is 75.2 Å². The molecular formula is C20H28N4O2S. The van der Waals surface area contributed by atoms with Gasteiger partial charge < -0.3 is 4.90 Å². The van der Waals surface area contributed by atoms with Gasteiger partial charge in [0.2, 0.25) is 10.0 Å². The number of benzene rings is 1. The van der Waals surface area contributed by atoms with Crippen molar-refractivity contribution >= 4 is 15.8 Å². The Kier molecular flexibility index (Phi) is 5.53. The fourth-order valence-electron chi connectivity index (χ4n) is 3.24. The van der Waals surface area contributed by atoms with Gasteiger partial charge in [-0.1, -0.05) is 45.0 Å². The fourth-order valence-corrected chi connectivity index (χ4v) is 4.66. The lowest BCUT2D eigenvalue weighted by atomic mass is 9.87. The Hall–Kier alpha value is -1.99. The molecule has 146 valence electrons. The second-order valence-electron chi connectivity index (χ2n) is 8.29. The van der Waals surface area contributed by atoms with Gasteiger partial charge in [0.25, 0.3) is 0 Å². The summed E-state index contributed by atoms with van der Waals surface area (Å²) in [6.45, 7) is 9.70. The van der Waals surface area contributed by atoms with E-state index in [0.29, 0.717) is 6.54 Å². The molecule has 1 aliphatic heterocycles. The molecule has 0 spiro atoms. The predicted octanol–water partition coefficient (Wildman–Crippen LogP) is 2.78. The average Bonchev–Trinajstić information content (AvgIpc) is 3.02. The van der Waals surface area contributed by atoms with E-state index in [4.69, 9.17) is 0 Å². The Bertz CT molecular complexity index is 872. The highest BCUT2D eigenvalue weighted by atomic mass is 32.2. The van der Waals surface area contributed by atoms with Crippen LogP contribution in [0.15, 0.2) is 36.4 Å². The van der Waals surface area contributed by atoms with E-state index in [-0.39, 0.29) is 17.2 Å².